The van der Waals surface area contributed by atoms with E-state index in [0.29, 0.717) is 11.3 Å². The molecule has 9 heteroatoms. The summed E-state index contributed by atoms with van der Waals surface area (Å²) in [6, 6.07) is 17.7. The van der Waals surface area contributed by atoms with Gasteiger partial charge in [-0.05, 0) is 48.5 Å². The first-order valence-electron chi connectivity index (χ1n) is 10.7. The summed E-state index contributed by atoms with van der Waals surface area (Å²) < 4.78 is 38.4. The quantitative estimate of drug-likeness (QED) is 0.327. The van der Waals surface area contributed by atoms with E-state index in [9.17, 15) is 18.0 Å². The predicted octanol–water partition coefficient (Wildman–Crippen LogP) is 4.52. The molecular formula is C26H20N2O6S. The van der Waals surface area contributed by atoms with E-state index in [1.807, 2.05) is 42.1 Å². The Labute approximate surface area is 201 Å². The van der Waals surface area contributed by atoms with E-state index < -0.39 is 10.1 Å². The Balaban J connectivity index is 1.39. The van der Waals surface area contributed by atoms with Gasteiger partial charge in [-0.3, -0.25) is 9.59 Å². The number of carbonyl (C=O) groups is 2. The van der Waals surface area contributed by atoms with Gasteiger partial charge in [-0.2, -0.15) is 8.42 Å². The van der Waals surface area contributed by atoms with Crippen molar-refractivity contribution in [2.45, 2.75) is 11.8 Å². The van der Waals surface area contributed by atoms with Gasteiger partial charge in [-0.1, -0.05) is 18.2 Å². The molecule has 35 heavy (non-hydrogen) atoms. The summed E-state index contributed by atoms with van der Waals surface area (Å²) in [5.74, 6) is -0.191. The highest BCUT2D eigenvalue weighted by Crippen LogP contribution is 2.36. The second kappa shape index (κ2) is 8.44. The third-order valence-electron chi connectivity index (χ3n) is 5.53. The van der Waals surface area contributed by atoms with Crippen molar-refractivity contribution in [3.8, 4) is 11.5 Å². The molecule has 1 amide bonds. The average molecular weight is 489 g/mol. The number of carbonyl (C=O) groups excluding carboxylic acids is 2. The molecule has 0 bridgehead atoms. The molecule has 0 unspecified atom stereocenters. The first-order chi connectivity index (χ1) is 16.7. The summed E-state index contributed by atoms with van der Waals surface area (Å²) >= 11 is 0. The van der Waals surface area contributed by atoms with E-state index in [0.717, 1.165) is 16.5 Å². The molecule has 4 aromatic rings. The fraction of sp³-hybridized carbons (Fsp3) is 0.0769. The van der Waals surface area contributed by atoms with Crippen LogP contribution in [-0.2, 0) is 22.0 Å². The Kier molecular flexibility index (Phi) is 5.41. The van der Waals surface area contributed by atoms with E-state index in [1.54, 1.807) is 6.08 Å². The number of benzene rings is 3. The highest BCUT2D eigenvalue weighted by molar-refractivity contribution is 7.87. The zero-order valence-corrected chi connectivity index (χ0v) is 19.6. The van der Waals surface area contributed by atoms with Gasteiger partial charge in [0.15, 0.2) is 5.76 Å². The van der Waals surface area contributed by atoms with Crippen LogP contribution in [0.4, 0.5) is 5.69 Å². The number of ketones is 1. The molecule has 0 saturated heterocycles. The van der Waals surface area contributed by atoms with Crippen molar-refractivity contribution in [3.63, 3.8) is 0 Å². The Bertz CT molecular complexity index is 1630. The third-order valence-corrected chi connectivity index (χ3v) is 6.79. The van der Waals surface area contributed by atoms with E-state index >= 15 is 0 Å². The number of allylic oxidation sites excluding steroid dienone is 1. The molecule has 5 rings (SSSR count). The minimum Gasteiger partial charge on any atom is -0.452 e. The molecule has 0 atom stereocenters. The Morgan fingerprint density at radius 1 is 1.06 bits per heavy atom. The summed E-state index contributed by atoms with van der Waals surface area (Å²) in [5, 5.41) is 3.55. The van der Waals surface area contributed by atoms with Crippen LogP contribution in [0.1, 0.15) is 22.8 Å². The van der Waals surface area contributed by atoms with Crippen LogP contribution in [0.25, 0.3) is 17.0 Å². The molecule has 2 heterocycles. The number of hydrogen-bond donors (Lipinski definition) is 1. The lowest BCUT2D eigenvalue weighted by Crippen LogP contribution is -2.10. The Morgan fingerprint density at radius 3 is 2.54 bits per heavy atom. The summed E-state index contributed by atoms with van der Waals surface area (Å²) in [7, 11) is -2.22. The van der Waals surface area contributed by atoms with Gasteiger partial charge >= 0.3 is 10.1 Å². The number of aromatic nitrogens is 1. The number of aryl methyl sites for hydroxylation is 1. The number of ether oxygens (including phenoxy) is 1. The zero-order valence-electron chi connectivity index (χ0n) is 18.8. The van der Waals surface area contributed by atoms with Gasteiger partial charge in [0.05, 0.1) is 5.56 Å². The van der Waals surface area contributed by atoms with Gasteiger partial charge < -0.3 is 18.8 Å². The van der Waals surface area contributed by atoms with Gasteiger partial charge in [0.25, 0.3) is 0 Å². The fourth-order valence-electron chi connectivity index (χ4n) is 3.93. The molecule has 1 aliphatic heterocycles. The number of nitrogens with zero attached hydrogens (tertiary/aromatic N) is 1. The maximum atomic E-state index is 12.9. The van der Waals surface area contributed by atoms with Crippen LogP contribution in [0.5, 0.6) is 11.5 Å². The van der Waals surface area contributed by atoms with Gasteiger partial charge in [0, 0.05) is 48.4 Å². The van der Waals surface area contributed by atoms with Crippen LogP contribution < -0.4 is 14.2 Å². The summed E-state index contributed by atoms with van der Waals surface area (Å²) in [6.45, 7) is 1.36. The summed E-state index contributed by atoms with van der Waals surface area (Å²) in [4.78, 5) is 23.9. The number of nitrogens with one attached hydrogen (secondary N) is 1. The van der Waals surface area contributed by atoms with Crippen LogP contribution in [0.2, 0.25) is 0 Å². The van der Waals surface area contributed by atoms with Gasteiger partial charge in [0.1, 0.15) is 16.4 Å². The molecule has 0 aliphatic carbocycles. The molecule has 1 aliphatic rings. The molecule has 0 fully saturated rings. The van der Waals surface area contributed by atoms with Crippen molar-refractivity contribution in [1.82, 2.24) is 4.57 Å². The molecule has 0 saturated carbocycles. The molecular weight excluding hydrogens is 468 g/mol. The van der Waals surface area contributed by atoms with Gasteiger partial charge in [-0.15, -0.1) is 0 Å². The number of hydrogen-bond acceptors (Lipinski definition) is 6. The first-order valence-corrected chi connectivity index (χ1v) is 12.1. The second-order valence-electron chi connectivity index (χ2n) is 8.05. The highest BCUT2D eigenvalue weighted by Gasteiger charge is 2.29. The van der Waals surface area contributed by atoms with E-state index in [-0.39, 0.29) is 33.8 Å². The lowest BCUT2D eigenvalue weighted by Gasteiger charge is -2.09. The third kappa shape index (κ3) is 4.29. The lowest BCUT2D eigenvalue weighted by molar-refractivity contribution is -0.114. The van der Waals surface area contributed by atoms with Crippen LogP contribution >= 0.6 is 0 Å². The summed E-state index contributed by atoms with van der Waals surface area (Å²) in [6.07, 6.45) is 3.59. The van der Waals surface area contributed by atoms with Crippen molar-refractivity contribution in [2.75, 3.05) is 5.32 Å². The molecule has 8 nitrogen and oxygen atoms in total. The van der Waals surface area contributed by atoms with Crippen LogP contribution in [-0.4, -0.2) is 24.7 Å². The predicted molar refractivity (Wildman–Crippen MR) is 131 cm³/mol. The van der Waals surface area contributed by atoms with Crippen molar-refractivity contribution in [3.05, 3.63) is 89.8 Å². The minimum absolute atomic E-state index is 0.00824. The molecule has 176 valence electrons. The van der Waals surface area contributed by atoms with Gasteiger partial charge in [-0.25, -0.2) is 0 Å². The largest absolute Gasteiger partial charge is 0.452 e. The number of para-hydroxylation sites is 1. The maximum absolute atomic E-state index is 12.9. The SMILES string of the molecule is CC(=O)Nc1ccc(S(=O)(=O)Oc2ccc3c(c2)OC(=Cc2cn(C)c4ccccc24)C3=O)cc1. The monoisotopic (exact) mass is 488 g/mol. The lowest BCUT2D eigenvalue weighted by atomic mass is 10.1. The summed E-state index contributed by atoms with van der Waals surface area (Å²) in [5.41, 5.74) is 2.64. The van der Waals surface area contributed by atoms with Crippen LogP contribution in [0.3, 0.4) is 0 Å². The smallest absolute Gasteiger partial charge is 0.339 e. The maximum Gasteiger partial charge on any atom is 0.339 e. The topological polar surface area (TPSA) is 104 Å². The first kappa shape index (κ1) is 22.4. The van der Waals surface area contributed by atoms with Crippen molar-refractivity contribution in [1.29, 1.82) is 0 Å². The normalized spacial score (nSPS) is 14.1. The molecule has 0 radical (unpaired) electrons. The van der Waals surface area contributed by atoms with Gasteiger partial charge in [0.2, 0.25) is 11.7 Å². The Hall–Kier alpha value is -4.37. The van der Waals surface area contributed by atoms with Crippen molar-refractivity contribution < 1.29 is 26.9 Å². The van der Waals surface area contributed by atoms with Crippen LogP contribution in [0, 0.1) is 0 Å². The van der Waals surface area contributed by atoms with Crippen molar-refractivity contribution >= 4 is 44.5 Å². The molecule has 3 aromatic carbocycles. The van der Waals surface area contributed by atoms with E-state index in [4.69, 9.17) is 8.92 Å². The standard InChI is InChI=1S/C26H20N2O6S/c1-16(29)27-18-7-10-20(11-8-18)35(31,32)34-19-9-12-22-24(14-19)33-25(26(22)30)13-17-15-28(2)23-6-4-3-5-21(17)23/h3-15H,1-2H3,(H,27,29). The zero-order chi connectivity index (χ0) is 24.7. The van der Waals surface area contributed by atoms with E-state index in [2.05, 4.69) is 5.32 Å². The number of rotatable bonds is 5. The number of anilines is 1. The van der Waals surface area contributed by atoms with E-state index in [1.165, 1.54) is 49.4 Å². The molecule has 1 N–H and O–H groups in total. The Morgan fingerprint density at radius 2 is 1.80 bits per heavy atom. The molecule has 1 aromatic heterocycles. The number of fused-ring (bicyclic) bond motifs is 2. The number of Topliss-reactive ketones (excluding diaryl/α,β-unsaturated/α-hetero) is 1. The molecule has 0 spiro atoms. The highest BCUT2D eigenvalue weighted by atomic mass is 32.2. The van der Waals surface area contributed by atoms with Crippen molar-refractivity contribution in [2.24, 2.45) is 7.05 Å². The second-order valence-corrected chi connectivity index (χ2v) is 9.60. The fourth-order valence-corrected chi connectivity index (χ4v) is 4.85. The minimum atomic E-state index is -4.14. The van der Waals surface area contributed by atoms with Crippen LogP contribution in [0.15, 0.2) is 83.6 Å². The number of amides is 1. The average Bonchev–Trinajstić information content (AvgIpc) is 3.30.